The Kier molecular flexibility index (Phi) is 6.99. The maximum absolute atomic E-state index is 13.4. The van der Waals surface area contributed by atoms with E-state index in [2.05, 4.69) is 12.2 Å². The molecular weight excluding hydrogens is 376 g/mol. The van der Waals surface area contributed by atoms with Gasteiger partial charge in [0.25, 0.3) is 0 Å². The zero-order valence-corrected chi connectivity index (χ0v) is 17.9. The summed E-state index contributed by atoms with van der Waals surface area (Å²) in [4.78, 5) is 27.6. The Labute approximate surface area is 171 Å². The molecule has 0 radical (unpaired) electrons. The standard InChI is InChI=1S/C21H32N2O4S/c1-13(2)23(19(24)16-6-4-14(3)5-7-16)20-17(27-21(25)26)12-18(28-20)15-8-10-22-11-9-15/h12-16,22H,4-11H2,1-3H3,(H,25,26). The van der Waals surface area contributed by atoms with Gasteiger partial charge in [-0.15, -0.1) is 11.3 Å². The first kappa shape index (κ1) is 21.1. The first-order valence-electron chi connectivity index (χ1n) is 10.4. The summed E-state index contributed by atoms with van der Waals surface area (Å²) >= 11 is 1.53. The Bertz CT molecular complexity index is 689. The zero-order valence-electron chi connectivity index (χ0n) is 17.1. The van der Waals surface area contributed by atoms with Crippen molar-refractivity contribution < 1.29 is 19.4 Å². The second kappa shape index (κ2) is 9.27. The van der Waals surface area contributed by atoms with Crippen molar-refractivity contribution in [3.63, 3.8) is 0 Å². The van der Waals surface area contributed by atoms with E-state index in [-0.39, 0.29) is 17.9 Å². The number of carboxylic acid groups (broad SMARTS) is 1. The summed E-state index contributed by atoms with van der Waals surface area (Å²) < 4.78 is 5.12. The van der Waals surface area contributed by atoms with Crippen LogP contribution in [0.25, 0.3) is 0 Å². The van der Waals surface area contributed by atoms with E-state index in [4.69, 9.17) is 4.74 Å². The highest BCUT2D eigenvalue weighted by Crippen LogP contribution is 2.45. The Morgan fingerprint density at radius 2 is 1.82 bits per heavy atom. The molecule has 0 unspecified atom stereocenters. The molecule has 1 aliphatic heterocycles. The predicted molar refractivity (Wildman–Crippen MR) is 112 cm³/mol. The second-order valence-corrected chi connectivity index (χ2v) is 9.53. The number of ether oxygens (including phenoxy) is 1. The minimum atomic E-state index is -1.33. The van der Waals surface area contributed by atoms with E-state index in [0.29, 0.717) is 22.6 Å². The third-order valence-corrected chi connectivity index (χ3v) is 7.25. The number of amides is 1. The van der Waals surface area contributed by atoms with Gasteiger partial charge in [-0.1, -0.05) is 6.92 Å². The molecule has 1 aliphatic carbocycles. The van der Waals surface area contributed by atoms with Crippen LogP contribution in [0.15, 0.2) is 6.07 Å². The molecule has 1 saturated carbocycles. The number of carbonyl (C=O) groups excluding carboxylic acids is 1. The minimum absolute atomic E-state index is 0.0145. The number of hydrogen-bond acceptors (Lipinski definition) is 5. The SMILES string of the molecule is CC1CCC(C(=O)N(c2sc(C3CCNCC3)cc2OC(=O)O)C(C)C)CC1. The molecule has 0 aromatic carbocycles. The fraction of sp³-hybridized carbons (Fsp3) is 0.714. The molecule has 0 spiro atoms. The summed E-state index contributed by atoms with van der Waals surface area (Å²) in [6.45, 7) is 8.13. The van der Waals surface area contributed by atoms with E-state index < -0.39 is 6.16 Å². The van der Waals surface area contributed by atoms with Crippen molar-refractivity contribution in [3.8, 4) is 5.75 Å². The van der Waals surface area contributed by atoms with Crippen molar-refractivity contribution >= 4 is 28.4 Å². The highest BCUT2D eigenvalue weighted by Gasteiger charge is 2.34. The molecule has 3 rings (SSSR count). The molecule has 1 aromatic heterocycles. The maximum Gasteiger partial charge on any atom is 0.511 e. The smallest absolute Gasteiger partial charge is 0.449 e. The number of nitrogens with zero attached hydrogens (tertiary/aromatic N) is 1. The molecule has 2 N–H and O–H groups in total. The molecule has 156 valence electrons. The molecule has 2 fully saturated rings. The van der Waals surface area contributed by atoms with Gasteiger partial charge in [0, 0.05) is 16.8 Å². The first-order valence-corrected chi connectivity index (χ1v) is 11.3. The monoisotopic (exact) mass is 408 g/mol. The van der Waals surface area contributed by atoms with E-state index in [1.807, 2.05) is 19.9 Å². The van der Waals surface area contributed by atoms with E-state index >= 15 is 0 Å². The van der Waals surface area contributed by atoms with Crippen LogP contribution in [0.2, 0.25) is 0 Å². The summed E-state index contributed by atoms with van der Waals surface area (Å²) in [5, 5.41) is 13.2. The maximum atomic E-state index is 13.4. The van der Waals surface area contributed by atoms with Gasteiger partial charge in [0.05, 0.1) is 0 Å². The number of thiophene rings is 1. The highest BCUT2D eigenvalue weighted by atomic mass is 32.1. The molecule has 1 aromatic rings. The van der Waals surface area contributed by atoms with Crippen LogP contribution in [0.5, 0.6) is 5.75 Å². The molecule has 2 heterocycles. The van der Waals surface area contributed by atoms with Crippen LogP contribution in [0.1, 0.15) is 70.1 Å². The molecule has 0 atom stereocenters. The van der Waals surface area contributed by atoms with Crippen LogP contribution < -0.4 is 15.0 Å². The van der Waals surface area contributed by atoms with Crippen LogP contribution in [0.3, 0.4) is 0 Å². The van der Waals surface area contributed by atoms with Gasteiger partial charge in [-0.3, -0.25) is 9.69 Å². The number of nitrogens with one attached hydrogen (secondary N) is 1. The highest BCUT2D eigenvalue weighted by molar-refractivity contribution is 7.16. The lowest BCUT2D eigenvalue weighted by molar-refractivity contribution is -0.123. The van der Waals surface area contributed by atoms with Crippen LogP contribution >= 0.6 is 11.3 Å². The number of anilines is 1. The van der Waals surface area contributed by atoms with Crippen LogP contribution in [0.4, 0.5) is 9.80 Å². The molecule has 1 amide bonds. The van der Waals surface area contributed by atoms with Crippen molar-refractivity contribution in [1.29, 1.82) is 0 Å². The minimum Gasteiger partial charge on any atom is -0.449 e. The van der Waals surface area contributed by atoms with Crippen molar-refractivity contribution in [1.82, 2.24) is 5.32 Å². The molecule has 0 bridgehead atoms. The third-order valence-electron chi connectivity index (χ3n) is 5.98. The number of piperidine rings is 1. The lowest BCUT2D eigenvalue weighted by atomic mass is 9.82. The van der Waals surface area contributed by atoms with Gasteiger partial charge in [0.1, 0.15) is 5.00 Å². The zero-order chi connectivity index (χ0) is 20.3. The fourth-order valence-corrected chi connectivity index (χ4v) is 5.71. The lowest BCUT2D eigenvalue weighted by Gasteiger charge is -2.33. The fourth-order valence-electron chi connectivity index (χ4n) is 4.32. The lowest BCUT2D eigenvalue weighted by Crippen LogP contribution is -2.42. The number of carbonyl (C=O) groups is 2. The molecule has 7 heteroatoms. The van der Waals surface area contributed by atoms with Gasteiger partial charge in [0.15, 0.2) is 5.75 Å². The first-order chi connectivity index (χ1) is 13.4. The summed E-state index contributed by atoms with van der Waals surface area (Å²) in [7, 11) is 0. The third kappa shape index (κ3) is 4.87. The molecule has 28 heavy (non-hydrogen) atoms. The van der Waals surface area contributed by atoms with Crippen molar-refractivity contribution in [3.05, 3.63) is 10.9 Å². The van der Waals surface area contributed by atoms with E-state index in [1.54, 1.807) is 4.90 Å². The molecule has 6 nitrogen and oxygen atoms in total. The summed E-state index contributed by atoms with van der Waals surface area (Å²) in [6, 6.07) is 1.79. The van der Waals surface area contributed by atoms with Gasteiger partial charge in [0.2, 0.25) is 5.91 Å². The molecular formula is C21H32N2O4S. The van der Waals surface area contributed by atoms with Gasteiger partial charge in [-0.25, -0.2) is 4.79 Å². The van der Waals surface area contributed by atoms with Crippen LogP contribution in [0, 0.1) is 11.8 Å². The Balaban J connectivity index is 1.90. The van der Waals surface area contributed by atoms with E-state index in [9.17, 15) is 14.7 Å². The average Bonchev–Trinajstić information content (AvgIpc) is 3.05. The average molecular weight is 409 g/mol. The largest absolute Gasteiger partial charge is 0.511 e. The van der Waals surface area contributed by atoms with E-state index in [0.717, 1.165) is 56.5 Å². The number of rotatable bonds is 5. The topological polar surface area (TPSA) is 78.9 Å². The summed E-state index contributed by atoms with van der Waals surface area (Å²) in [6.07, 6.45) is 4.66. The summed E-state index contributed by atoms with van der Waals surface area (Å²) in [5.41, 5.74) is 0. The van der Waals surface area contributed by atoms with Crippen LogP contribution in [-0.2, 0) is 4.79 Å². The van der Waals surface area contributed by atoms with E-state index in [1.165, 1.54) is 11.3 Å². The second-order valence-electron chi connectivity index (χ2n) is 8.47. The normalized spacial score (nSPS) is 23.6. The van der Waals surface area contributed by atoms with Crippen molar-refractivity contribution in [2.24, 2.45) is 11.8 Å². The Hall–Kier alpha value is -1.60. The van der Waals surface area contributed by atoms with Crippen molar-refractivity contribution in [2.75, 3.05) is 18.0 Å². The van der Waals surface area contributed by atoms with Gasteiger partial charge >= 0.3 is 6.16 Å². The quantitative estimate of drug-likeness (QED) is 0.682. The molecule has 1 saturated heterocycles. The summed E-state index contributed by atoms with van der Waals surface area (Å²) in [5.74, 6) is 1.49. The predicted octanol–water partition coefficient (Wildman–Crippen LogP) is 4.84. The van der Waals surface area contributed by atoms with Gasteiger partial charge in [-0.05, 0) is 83.4 Å². The number of hydrogen-bond donors (Lipinski definition) is 2. The van der Waals surface area contributed by atoms with Crippen molar-refractivity contribution in [2.45, 2.75) is 71.3 Å². The Morgan fingerprint density at radius 3 is 2.39 bits per heavy atom. The van der Waals surface area contributed by atoms with Gasteiger partial charge < -0.3 is 15.2 Å². The van der Waals surface area contributed by atoms with Gasteiger partial charge in [-0.2, -0.15) is 0 Å². The molecule has 2 aliphatic rings. The van der Waals surface area contributed by atoms with Crippen LogP contribution in [-0.4, -0.2) is 36.3 Å². The Morgan fingerprint density at radius 1 is 1.18 bits per heavy atom.